The van der Waals surface area contributed by atoms with E-state index >= 15 is 0 Å². The Kier molecular flexibility index (Phi) is 2.91. The molecule has 0 saturated heterocycles. The largest absolute Gasteiger partial charge is 0.331 e. The maximum atomic E-state index is 5.83. The third-order valence-corrected chi connectivity index (χ3v) is 2.87. The Morgan fingerprint density at radius 1 is 1.29 bits per heavy atom. The molecule has 72 valence electrons. The summed E-state index contributed by atoms with van der Waals surface area (Å²) in [5.41, 5.74) is 0.906. The summed E-state index contributed by atoms with van der Waals surface area (Å²) in [7, 11) is 0. The van der Waals surface area contributed by atoms with Crippen molar-refractivity contribution >= 4 is 45.4 Å². The van der Waals surface area contributed by atoms with Gasteiger partial charge in [0.05, 0.1) is 0 Å². The van der Waals surface area contributed by atoms with Gasteiger partial charge in [0.15, 0.2) is 5.13 Å². The maximum Gasteiger partial charge on any atom is 0.188 e. The smallest absolute Gasteiger partial charge is 0.188 e. The van der Waals surface area contributed by atoms with Crippen molar-refractivity contribution in [2.75, 3.05) is 5.32 Å². The Morgan fingerprint density at radius 3 is 2.79 bits per heavy atom. The second-order valence-corrected chi connectivity index (χ2v) is 4.29. The summed E-state index contributed by atoms with van der Waals surface area (Å²) in [5, 5.41) is 6.83. The lowest BCUT2D eigenvalue weighted by Crippen LogP contribution is -1.88. The highest BCUT2D eigenvalue weighted by molar-refractivity contribution is 7.14. The molecule has 1 N–H and O–H groups in total. The summed E-state index contributed by atoms with van der Waals surface area (Å²) in [4.78, 5) is 4.07. The van der Waals surface area contributed by atoms with Gasteiger partial charge in [0.2, 0.25) is 0 Å². The van der Waals surface area contributed by atoms with E-state index in [-0.39, 0.29) is 0 Å². The Balaban J connectivity index is 2.18. The van der Waals surface area contributed by atoms with E-state index < -0.39 is 0 Å². The lowest BCUT2D eigenvalue weighted by atomic mass is 10.3. The molecule has 0 aliphatic rings. The van der Waals surface area contributed by atoms with Gasteiger partial charge < -0.3 is 5.32 Å². The zero-order chi connectivity index (χ0) is 9.97. The van der Waals surface area contributed by atoms with Crippen LogP contribution in [0.2, 0.25) is 10.2 Å². The molecule has 2 nitrogen and oxygen atoms in total. The molecule has 2 rings (SSSR count). The monoisotopic (exact) mass is 244 g/mol. The van der Waals surface area contributed by atoms with E-state index in [1.165, 1.54) is 11.3 Å². The summed E-state index contributed by atoms with van der Waals surface area (Å²) >= 11 is 13.0. The maximum absolute atomic E-state index is 5.83. The first kappa shape index (κ1) is 9.77. The molecule has 5 heteroatoms. The number of benzene rings is 1. The fourth-order valence-electron chi connectivity index (χ4n) is 1.00. The Morgan fingerprint density at radius 2 is 2.14 bits per heavy atom. The molecule has 1 aromatic carbocycles. The summed E-state index contributed by atoms with van der Waals surface area (Å²) in [6, 6.07) is 7.44. The molecule has 0 aliphatic heterocycles. The van der Waals surface area contributed by atoms with Gasteiger partial charge in [0.25, 0.3) is 0 Å². The lowest BCUT2D eigenvalue weighted by Gasteiger charge is -2.01. The van der Waals surface area contributed by atoms with Gasteiger partial charge in [-0.1, -0.05) is 29.3 Å². The predicted octanol–water partition coefficient (Wildman–Crippen LogP) is 4.19. The van der Waals surface area contributed by atoms with E-state index in [1.807, 2.05) is 24.3 Å². The number of thiazole rings is 1. The SMILES string of the molecule is Clc1cccc(Nc2nc(Cl)cs2)c1. The van der Waals surface area contributed by atoms with Gasteiger partial charge >= 0.3 is 0 Å². The molecule has 1 heterocycles. The number of anilines is 2. The van der Waals surface area contributed by atoms with Gasteiger partial charge in [0, 0.05) is 16.1 Å². The predicted molar refractivity (Wildman–Crippen MR) is 61.9 cm³/mol. The number of rotatable bonds is 2. The highest BCUT2D eigenvalue weighted by Gasteiger charge is 1.99. The van der Waals surface area contributed by atoms with Crippen LogP contribution < -0.4 is 5.32 Å². The zero-order valence-electron chi connectivity index (χ0n) is 7.00. The zero-order valence-corrected chi connectivity index (χ0v) is 9.33. The summed E-state index contributed by atoms with van der Waals surface area (Å²) < 4.78 is 0. The average Bonchev–Trinajstić information content (AvgIpc) is 2.51. The molecule has 0 unspecified atom stereocenters. The first-order valence-electron chi connectivity index (χ1n) is 3.88. The van der Waals surface area contributed by atoms with Crippen molar-refractivity contribution in [3.05, 3.63) is 39.8 Å². The standard InChI is InChI=1S/C9H6Cl2N2S/c10-6-2-1-3-7(4-6)12-9-13-8(11)5-14-9/h1-5H,(H,12,13). The molecule has 2 aromatic rings. The quantitative estimate of drug-likeness (QED) is 0.857. The molecule has 0 spiro atoms. The van der Waals surface area contributed by atoms with Crippen LogP contribution in [0.15, 0.2) is 29.6 Å². The van der Waals surface area contributed by atoms with Crippen LogP contribution in [0.4, 0.5) is 10.8 Å². The first-order chi connectivity index (χ1) is 6.74. The highest BCUT2D eigenvalue weighted by atomic mass is 35.5. The number of aromatic nitrogens is 1. The Labute approximate surface area is 95.5 Å². The molecule has 0 amide bonds. The van der Waals surface area contributed by atoms with Crippen LogP contribution in [0.5, 0.6) is 0 Å². The molecule has 1 aromatic heterocycles. The van der Waals surface area contributed by atoms with Crippen LogP contribution in [0.25, 0.3) is 0 Å². The van der Waals surface area contributed by atoms with E-state index in [0.717, 1.165) is 10.8 Å². The molecule has 0 saturated carbocycles. The van der Waals surface area contributed by atoms with E-state index in [2.05, 4.69) is 10.3 Å². The fraction of sp³-hybridized carbons (Fsp3) is 0. The molecule has 0 fully saturated rings. The minimum Gasteiger partial charge on any atom is -0.331 e. The topological polar surface area (TPSA) is 24.9 Å². The molecular formula is C9H6Cl2N2S. The van der Waals surface area contributed by atoms with Crippen molar-refractivity contribution in [1.82, 2.24) is 4.98 Å². The van der Waals surface area contributed by atoms with E-state index in [0.29, 0.717) is 10.2 Å². The molecule has 0 bridgehead atoms. The summed E-state index contributed by atoms with van der Waals surface area (Å²) in [6.07, 6.45) is 0. The average molecular weight is 245 g/mol. The van der Waals surface area contributed by atoms with E-state index in [1.54, 1.807) is 5.38 Å². The molecule has 0 atom stereocenters. The molecule has 0 radical (unpaired) electrons. The normalized spacial score (nSPS) is 10.1. The van der Waals surface area contributed by atoms with Crippen molar-refractivity contribution in [3.8, 4) is 0 Å². The third kappa shape index (κ3) is 2.38. The first-order valence-corrected chi connectivity index (χ1v) is 5.51. The second-order valence-electron chi connectivity index (χ2n) is 2.61. The van der Waals surface area contributed by atoms with Crippen molar-refractivity contribution < 1.29 is 0 Å². The van der Waals surface area contributed by atoms with Crippen LogP contribution in [-0.2, 0) is 0 Å². The third-order valence-electron chi connectivity index (χ3n) is 1.55. The van der Waals surface area contributed by atoms with Crippen LogP contribution in [0, 0.1) is 0 Å². The number of halogens is 2. The van der Waals surface area contributed by atoms with Crippen LogP contribution >= 0.6 is 34.5 Å². The van der Waals surface area contributed by atoms with Crippen LogP contribution in [0.3, 0.4) is 0 Å². The minimum atomic E-state index is 0.500. The van der Waals surface area contributed by atoms with Gasteiger partial charge in [0.1, 0.15) is 5.15 Å². The number of hydrogen-bond donors (Lipinski definition) is 1. The van der Waals surface area contributed by atoms with Crippen LogP contribution in [-0.4, -0.2) is 4.98 Å². The summed E-state index contributed by atoms with van der Waals surface area (Å²) in [6.45, 7) is 0. The minimum absolute atomic E-state index is 0.500. The van der Waals surface area contributed by atoms with Crippen molar-refractivity contribution in [1.29, 1.82) is 0 Å². The summed E-state index contributed by atoms with van der Waals surface area (Å²) in [5.74, 6) is 0. The lowest BCUT2D eigenvalue weighted by molar-refractivity contribution is 1.39. The second kappa shape index (κ2) is 4.17. The fourth-order valence-corrected chi connectivity index (χ4v) is 2.05. The van der Waals surface area contributed by atoms with Gasteiger partial charge in [-0.3, -0.25) is 0 Å². The number of nitrogens with zero attached hydrogens (tertiary/aromatic N) is 1. The number of hydrogen-bond acceptors (Lipinski definition) is 3. The van der Waals surface area contributed by atoms with Crippen molar-refractivity contribution in [3.63, 3.8) is 0 Å². The van der Waals surface area contributed by atoms with Crippen molar-refractivity contribution in [2.45, 2.75) is 0 Å². The van der Waals surface area contributed by atoms with Crippen LogP contribution in [0.1, 0.15) is 0 Å². The van der Waals surface area contributed by atoms with Gasteiger partial charge in [-0.25, -0.2) is 4.98 Å². The van der Waals surface area contributed by atoms with Gasteiger partial charge in [-0.15, -0.1) is 11.3 Å². The van der Waals surface area contributed by atoms with Gasteiger partial charge in [-0.2, -0.15) is 0 Å². The molecule has 14 heavy (non-hydrogen) atoms. The highest BCUT2D eigenvalue weighted by Crippen LogP contribution is 2.24. The van der Waals surface area contributed by atoms with E-state index in [9.17, 15) is 0 Å². The van der Waals surface area contributed by atoms with Gasteiger partial charge in [-0.05, 0) is 18.2 Å². The van der Waals surface area contributed by atoms with E-state index in [4.69, 9.17) is 23.2 Å². The molecular weight excluding hydrogens is 239 g/mol. The number of nitrogens with one attached hydrogen (secondary N) is 1. The Bertz CT molecular complexity index is 442. The van der Waals surface area contributed by atoms with Crippen molar-refractivity contribution in [2.24, 2.45) is 0 Å². The Hall–Kier alpha value is -0.770. The molecule has 0 aliphatic carbocycles.